The molecule has 1 aromatic heterocycles. The molecule has 0 amide bonds. The fourth-order valence-corrected chi connectivity index (χ4v) is 2.56. The van der Waals surface area contributed by atoms with E-state index in [1.807, 2.05) is 17.9 Å². The summed E-state index contributed by atoms with van der Waals surface area (Å²) in [6.07, 6.45) is 6.76. The first-order valence-electron chi connectivity index (χ1n) is 6.56. The second-order valence-electron chi connectivity index (χ2n) is 5.28. The maximum absolute atomic E-state index is 4.24. The topological polar surface area (TPSA) is 33.1 Å². The smallest absolute Gasteiger partial charge is 0.0537 e. The molecule has 0 saturated carbocycles. The van der Waals surface area contributed by atoms with Crippen molar-refractivity contribution in [2.75, 3.05) is 26.7 Å². The Morgan fingerprint density at radius 1 is 1.61 bits per heavy atom. The third-order valence-electron chi connectivity index (χ3n) is 3.81. The molecule has 5 heteroatoms. The fourth-order valence-electron chi connectivity index (χ4n) is 2.56. The highest BCUT2D eigenvalue weighted by atomic mass is 35.5. The lowest BCUT2D eigenvalue weighted by atomic mass is 9.98. The van der Waals surface area contributed by atoms with Crippen LogP contribution in [0.3, 0.4) is 0 Å². The molecule has 18 heavy (non-hydrogen) atoms. The summed E-state index contributed by atoms with van der Waals surface area (Å²) in [4.78, 5) is 2.44. The highest BCUT2D eigenvalue weighted by Crippen LogP contribution is 2.20. The third kappa shape index (κ3) is 3.97. The number of nitrogens with zero attached hydrogens (tertiary/aromatic N) is 3. The number of hydrogen-bond acceptors (Lipinski definition) is 3. The molecule has 2 atom stereocenters. The molecule has 2 heterocycles. The van der Waals surface area contributed by atoms with E-state index in [4.69, 9.17) is 0 Å². The molecule has 0 aliphatic carbocycles. The Labute approximate surface area is 116 Å². The van der Waals surface area contributed by atoms with Gasteiger partial charge in [0.15, 0.2) is 0 Å². The summed E-state index contributed by atoms with van der Waals surface area (Å²) < 4.78 is 1.88. The van der Waals surface area contributed by atoms with Crippen molar-refractivity contribution in [3.05, 3.63) is 18.0 Å². The minimum Gasteiger partial charge on any atom is -0.316 e. The van der Waals surface area contributed by atoms with Crippen LogP contribution in [0.5, 0.6) is 0 Å². The molecule has 0 bridgehead atoms. The largest absolute Gasteiger partial charge is 0.316 e. The molecule has 1 aromatic rings. The van der Waals surface area contributed by atoms with Crippen LogP contribution in [0.1, 0.15) is 31.4 Å². The first kappa shape index (κ1) is 15.5. The van der Waals surface area contributed by atoms with Crippen molar-refractivity contribution >= 4 is 12.4 Å². The van der Waals surface area contributed by atoms with Crippen molar-refractivity contribution in [3.63, 3.8) is 0 Å². The van der Waals surface area contributed by atoms with Crippen molar-refractivity contribution in [1.29, 1.82) is 0 Å². The maximum Gasteiger partial charge on any atom is 0.0537 e. The van der Waals surface area contributed by atoms with E-state index in [1.165, 1.54) is 38.0 Å². The molecule has 1 N–H and O–H groups in total. The standard InChI is InChI=1S/C13H24N4.ClH/c1-11(13-8-15-17(3)10-13)16(2)9-12-5-4-6-14-7-12;/h8,10-12,14H,4-7,9H2,1-3H3;1H. The van der Waals surface area contributed by atoms with Gasteiger partial charge in [0.25, 0.3) is 0 Å². The summed E-state index contributed by atoms with van der Waals surface area (Å²) in [5.41, 5.74) is 1.30. The number of nitrogens with one attached hydrogen (secondary N) is 1. The van der Waals surface area contributed by atoms with Crippen molar-refractivity contribution in [2.45, 2.75) is 25.8 Å². The fraction of sp³-hybridized carbons (Fsp3) is 0.769. The quantitative estimate of drug-likeness (QED) is 0.908. The molecule has 2 unspecified atom stereocenters. The van der Waals surface area contributed by atoms with Gasteiger partial charge in [0, 0.05) is 31.4 Å². The van der Waals surface area contributed by atoms with Gasteiger partial charge in [-0.25, -0.2) is 0 Å². The number of hydrogen-bond donors (Lipinski definition) is 1. The van der Waals surface area contributed by atoms with Crippen LogP contribution >= 0.6 is 12.4 Å². The molecule has 1 fully saturated rings. The summed E-state index contributed by atoms with van der Waals surface area (Å²) in [5, 5.41) is 7.72. The summed E-state index contributed by atoms with van der Waals surface area (Å²) >= 11 is 0. The van der Waals surface area contributed by atoms with Crippen LogP contribution in [0.2, 0.25) is 0 Å². The second kappa shape index (κ2) is 7.12. The van der Waals surface area contributed by atoms with E-state index >= 15 is 0 Å². The molecule has 4 nitrogen and oxygen atoms in total. The number of piperidine rings is 1. The van der Waals surface area contributed by atoms with Crippen LogP contribution in [0.4, 0.5) is 0 Å². The summed E-state index contributed by atoms with van der Waals surface area (Å²) in [6, 6.07) is 0.450. The lowest BCUT2D eigenvalue weighted by Gasteiger charge is -2.30. The van der Waals surface area contributed by atoms with Gasteiger partial charge in [0.2, 0.25) is 0 Å². The van der Waals surface area contributed by atoms with E-state index in [0.29, 0.717) is 6.04 Å². The Kier molecular flexibility index (Phi) is 6.12. The first-order chi connectivity index (χ1) is 8.16. The van der Waals surface area contributed by atoms with Crippen molar-refractivity contribution in [2.24, 2.45) is 13.0 Å². The van der Waals surface area contributed by atoms with Crippen LogP contribution < -0.4 is 5.32 Å². The number of aromatic nitrogens is 2. The van der Waals surface area contributed by atoms with E-state index in [-0.39, 0.29) is 12.4 Å². The van der Waals surface area contributed by atoms with Crippen molar-refractivity contribution in [3.8, 4) is 0 Å². The van der Waals surface area contributed by atoms with Gasteiger partial charge in [-0.2, -0.15) is 5.10 Å². The Morgan fingerprint density at radius 2 is 2.39 bits per heavy atom. The highest BCUT2D eigenvalue weighted by Gasteiger charge is 2.19. The summed E-state index contributed by atoms with van der Waals surface area (Å²) in [5.74, 6) is 0.799. The molecule has 2 rings (SSSR count). The molecule has 0 spiro atoms. The van der Waals surface area contributed by atoms with E-state index in [2.05, 4.69) is 35.5 Å². The lowest BCUT2D eigenvalue weighted by molar-refractivity contribution is 0.199. The zero-order valence-corrected chi connectivity index (χ0v) is 12.4. The van der Waals surface area contributed by atoms with Gasteiger partial charge in [-0.3, -0.25) is 9.58 Å². The zero-order chi connectivity index (χ0) is 12.3. The average molecular weight is 273 g/mol. The molecule has 0 aromatic carbocycles. The summed E-state index contributed by atoms with van der Waals surface area (Å²) in [6.45, 7) is 5.79. The molecule has 0 radical (unpaired) electrons. The van der Waals surface area contributed by atoms with Gasteiger partial charge in [-0.1, -0.05) is 0 Å². The van der Waals surface area contributed by atoms with E-state index in [0.717, 1.165) is 5.92 Å². The van der Waals surface area contributed by atoms with Gasteiger partial charge in [0.05, 0.1) is 6.20 Å². The van der Waals surface area contributed by atoms with Gasteiger partial charge in [-0.05, 0) is 45.8 Å². The maximum atomic E-state index is 4.24. The predicted molar refractivity (Wildman–Crippen MR) is 77.1 cm³/mol. The minimum atomic E-state index is 0. The van der Waals surface area contributed by atoms with Crippen LogP contribution in [0.25, 0.3) is 0 Å². The molecule has 1 aliphatic rings. The number of rotatable bonds is 4. The van der Waals surface area contributed by atoms with Crippen LogP contribution in [-0.2, 0) is 7.05 Å². The van der Waals surface area contributed by atoms with Crippen molar-refractivity contribution < 1.29 is 0 Å². The highest BCUT2D eigenvalue weighted by molar-refractivity contribution is 5.85. The first-order valence-corrected chi connectivity index (χ1v) is 6.56. The molecule has 1 aliphatic heterocycles. The zero-order valence-electron chi connectivity index (χ0n) is 11.6. The average Bonchev–Trinajstić information content (AvgIpc) is 2.76. The van der Waals surface area contributed by atoms with E-state index in [9.17, 15) is 0 Å². The summed E-state index contributed by atoms with van der Waals surface area (Å²) in [7, 11) is 4.19. The molecule has 104 valence electrons. The predicted octanol–water partition coefficient (Wildman–Crippen LogP) is 1.83. The minimum absolute atomic E-state index is 0. The van der Waals surface area contributed by atoms with E-state index in [1.54, 1.807) is 0 Å². The SMILES string of the molecule is CC(c1cnn(C)c1)N(C)CC1CCCNC1.Cl. The Bertz CT molecular complexity index is 347. The Hall–Kier alpha value is -0.580. The van der Waals surface area contributed by atoms with Crippen LogP contribution in [0.15, 0.2) is 12.4 Å². The van der Waals surface area contributed by atoms with E-state index < -0.39 is 0 Å². The number of aryl methyl sites for hydroxylation is 1. The monoisotopic (exact) mass is 272 g/mol. The van der Waals surface area contributed by atoms with Gasteiger partial charge in [-0.15, -0.1) is 12.4 Å². The van der Waals surface area contributed by atoms with Gasteiger partial charge >= 0.3 is 0 Å². The third-order valence-corrected chi connectivity index (χ3v) is 3.81. The Morgan fingerprint density at radius 3 is 2.94 bits per heavy atom. The molecular weight excluding hydrogens is 248 g/mol. The van der Waals surface area contributed by atoms with Crippen LogP contribution in [-0.4, -0.2) is 41.4 Å². The molecular formula is C13H25ClN4. The van der Waals surface area contributed by atoms with Gasteiger partial charge in [0.1, 0.15) is 0 Å². The van der Waals surface area contributed by atoms with Crippen molar-refractivity contribution in [1.82, 2.24) is 20.0 Å². The lowest BCUT2D eigenvalue weighted by Crippen LogP contribution is -2.37. The number of halogens is 1. The molecule has 1 saturated heterocycles. The van der Waals surface area contributed by atoms with Gasteiger partial charge < -0.3 is 5.32 Å². The second-order valence-corrected chi connectivity index (χ2v) is 5.28. The van der Waals surface area contributed by atoms with Crippen LogP contribution in [0, 0.1) is 5.92 Å². The normalized spacial score (nSPS) is 21.7. The Balaban J connectivity index is 0.00000162.